The normalized spacial score (nSPS) is 11.2. The van der Waals surface area contributed by atoms with Gasteiger partial charge in [-0.1, -0.05) is 0 Å². The highest BCUT2D eigenvalue weighted by atomic mass is 19.1. The van der Waals surface area contributed by atoms with Gasteiger partial charge in [-0.05, 0) is 18.2 Å². The van der Waals surface area contributed by atoms with Crippen LogP contribution in [0.25, 0.3) is 11.0 Å². The van der Waals surface area contributed by atoms with Crippen LogP contribution in [0.4, 0.5) is 4.39 Å². The Morgan fingerprint density at radius 1 is 1.50 bits per heavy atom. The van der Waals surface area contributed by atoms with Gasteiger partial charge in [-0.15, -0.1) is 0 Å². The van der Waals surface area contributed by atoms with E-state index in [1.807, 2.05) is 11.6 Å². The molecule has 0 radical (unpaired) electrons. The van der Waals surface area contributed by atoms with Gasteiger partial charge in [0.1, 0.15) is 18.2 Å². The number of hydrogen-bond acceptors (Lipinski definition) is 3. The van der Waals surface area contributed by atoms with Crippen molar-refractivity contribution in [1.82, 2.24) is 9.55 Å². The third-order valence-corrected chi connectivity index (χ3v) is 2.43. The second-order valence-electron chi connectivity index (χ2n) is 3.56. The Bertz CT molecular complexity index is 495. The molecule has 1 aromatic carbocycles. The molecule has 86 valence electrons. The zero-order chi connectivity index (χ0) is 11.5. The van der Waals surface area contributed by atoms with E-state index >= 15 is 0 Å². The van der Waals surface area contributed by atoms with E-state index in [0.29, 0.717) is 19.8 Å². The van der Waals surface area contributed by atoms with Crippen LogP contribution in [-0.4, -0.2) is 22.7 Å². The van der Waals surface area contributed by atoms with Crippen LogP contribution in [0.5, 0.6) is 0 Å². The molecule has 0 aliphatic heterocycles. The number of hydrogen-bond donors (Lipinski definition) is 1. The first-order valence-electron chi connectivity index (χ1n) is 5.11. The number of aryl methyl sites for hydroxylation is 1. The fraction of sp³-hybridized carbons (Fsp3) is 0.364. The molecule has 0 aliphatic carbocycles. The second kappa shape index (κ2) is 4.59. The van der Waals surface area contributed by atoms with Gasteiger partial charge in [-0.25, -0.2) is 9.37 Å². The highest BCUT2D eigenvalue weighted by molar-refractivity contribution is 5.75. The maximum atomic E-state index is 13.0. The van der Waals surface area contributed by atoms with Crippen LogP contribution in [0.1, 0.15) is 5.82 Å². The molecule has 0 saturated heterocycles. The van der Waals surface area contributed by atoms with Crippen LogP contribution in [0.2, 0.25) is 0 Å². The van der Waals surface area contributed by atoms with Gasteiger partial charge in [0.25, 0.3) is 0 Å². The summed E-state index contributed by atoms with van der Waals surface area (Å²) >= 11 is 0. The molecule has 2 N–H and O–H groups in total. The molecule has 1 heterocycles. The summed E-state index contributed by atoms with van der Waals surface area (Å²) < 4.78 is 20.2. The summed E-state index contributed by atoms with van der Waals surface area (Å²) in [6.07, 6.45) is 0. The molecule has 5 heteroatoms. The van der Waals surface area contributed by atoms with Gasteiger partial charge in [-0.3, -0.25) is 0 Å². The molecule has 0 bridgehead atoms. The molecule has 0 amide bonds. The fourth-order valence-electron chi connectivity index (χ4n) is 1.59. The van der Waals surface area contributed by atoms with Crippen molar-refractivity contribution in [3.05, 3.63) is 29.8 Å². The number of halogens is 1. The van der Waals surface area contributed by atoms with Crippen LogP contribution in [0.15, 0.2) is 18.2 Å². The Balaban J connectivity index is 2.29. The van der Waals surface area contributed by atoms with Crippen LogP contribution in [0, 0.1) is 5.82 Å². The summed E-state index contributed by atoms with van der Waals surface area (Å²) in [6.45, 7) is 1.38. The molecule has 2 rings (SSSR count). The molecule has 16 heavy (non-hydrogen) atoms. The van der Waals surface area contributed by atoms with Crippen LogP contribution in [0.3, 0.4) is 0 Å². The van der Waals surface area contributed by atoms with E-state index in [1.54, 1.807) is 6.07 Å². The first kappa shape index (κ1) is 11.0. The Morgan fingerprint density at radius 3 is 3.06 bits per heavy atom. The van der Waals surface area contributed by atoms with E-state index in [9.17, 15) is 4.39 Å². The standard InChI is InChI=1S/C11H14FN3O/c1-15-10-6-8(12)2-3-9(10)14-11(15)7-16-5-4-13/h2-3,6H,4-5,7,13H2,1H3. The van der Waals surface area contributed by atoms with Crippen molar-refractivity contribution in [2.75, 3.05) is 13.2 Å². The van der Waals surface area contributed by atoms with Crippen molar-refractivity contribution in [1.29, 1.82) is 0 Å². The minimum Gasteiger partial charge on any atom is -0.372 e. The van der Waals surface area contributed by atoms with Crippen molar-refractivity contribution in [3.8, 4) is 0 Å². The van der Waals surface area contributed by atoms with Crippen molar-refractivity contribution >= 4 is 11.0 Å². The Hall–Kier alpha value is -1.46. The number of aromatic nitrogens is 2. The molecule has 0 atom stereocenters. The minimum atomic E-state index is -0.259. The highest BCUT2D eigenvalue weighted by Crippen LogP contribution is 2.16. The van der Waals surface area contributed by atoms with Gasteiger partial charge >= 0.3 is 0 Å². The predicted molar refractivity (Wildman–Crippen MR) is 59.4 cm³/mol. The molecule has 0 fully saturated rings. The third kappa shape index (κ3) is 2.05. The molecule has 0 aliphatic rings. The van der Waals surface area contributed by atoms with Gasteiger partial charge in [0.2, 0.25) is 0 Å². The van der Waals surface area contributed by atoms with Crippen LogP contribution >= 0.6 is 0 Å². The molecular weight excluding hydrogens is 209 g/mol. The number of imidazole rings is 1. The molecule has 4 nitrogen and oxygen atoms in total. The SMILES string of the molecule is Cn1c(COCCN)nc2ccc(F)cc21. The summed E-state index contributed by atoms with van der Waals surface area (Å²) in [4.78, 5) is 4.36. The zero-order valence-electron chi connectivity index (χ0n) is 9.11. The molecule has 0 saturated carbocycles. The topological polar surface area (TPSA) is 53.1 Å². The Kier molecular flexibility index (Phi) is 3.17. The van der Waals surface area contributed by atoms with Gasteiger partial charge in [-0.2, -0.15) is 0 Å². The number of nitrogens with zero attached hydrogens (tertiary/aromatic N) is 2. The lowest BCUT2D eigenvalue weighted by molar-refractivity contribution is 0.121. The average molecular weight is 223 g/mol. The largest absolute Gasteiger partial charge is 0.372 e. The quantitative estimate of drug-likeness (QED) is 0.792. The molecule has 2 aromatic rings. The second-order valence-corrected chi connectivity index (χ2v) is 3.56. The van der Waals surface area contributed by atoms with E-state index in [2.05, 4.69) is 4.98 Å². The lowest BCUT2D eigenvalue weighted by Crippen LogP contribution is -2.10. The molecule has 0 spiro atoms. The number of rotatable bonds is 4. The van der Waals surface area contributed by atoms with E-state index in [-0.39, 0.29) is 5.82 Å². The Morgan fingerprint density at radius 2 is 2.31 bits per heavy atom. The smallest absolute Gasteiger partial charge is 0.135 e. The van der Waals surface area contributed by atoms with E-state index in [0.717, 1.165) is 16.9 Å². The Labute approximate surface area is 92.8 Å². The van der Waals surface area contributed by atoms with E-state index < -0.39 is 0 Å². The molecular formula is C11H14FN3O. The maximum Gasteiger partial charge on any atom is 0.135 e. The van der Waals surface area contributed by atoms with Crippen molar-refractivity contribution in [2.45, 2.75) is 6.61 Å². The summed E-state index contributed by atoms with van der Waals surface area (Å²) in [5.41, 5.74) is 6.87. The average Bonchev–Trinajstić information content (AvgIpc) is 2.57. The molecule has 0 unspecified atom stereocenters. The van der Waals surface area contributed by atoms with Crippen molar-refractivity contribution in [3.63, 3.8) is 0 Å². The maximum absolute atomic E-state index is 13.0. The van der Waals surface area contributed by atoms with Crippen molar-refractivity contribution < 1.29 is 9.13 Å². The van der Waals surface area contributed by atoms with Gasteiger partial charge in [0, 0.05) is 13.6 Å². The summed E-state index contributed by atoms with van der Waals surface area (Å²) in [7, 11) is 1.84. The summed E-state index contributed by atoms with van der Waals surface area (Å²) in [6, 6.07) is 4.53. The lowest BCUT2D eigenvalue weighted by Gasteiger charge is -2.02. The first-order chi connectivity index (χ1) is 7.72. The monoisotopic (exact) mass is 223 g/mol. The zero-order valence-corrected chi connectivity index (χ0v) is 9.11. The van der Waals surface area contributed by atoms with Crippen LogP contribution in [-0.2, 0) is 18.4 Å². The first-order valence-corrected chi connectivity index (χ1v) is 5.11. The van der Waals surface area contributed by atoms with Gasteiger partial charge in [0.05, 0.1) is 17.6 Å². The number of ether oxygens (including phenoxy) is 1. The highest BCUT2D eigenvalue weighted by Gasteiger charge is 2.08. The van der Waals surface area contributed by atoms with Gasteiger partial charge in [0.15, 0.2) is 0 Å². The number of nitrogens with two attached hydrogens (primary N) is 1. The minimum absolute atomic E-state index is 0.259. The summed E-state index contributed by atoms with van der Waals surface area (Å²) in [5.74, 6) is 0.513. The molecule has 1 aromatic heterocycles. The van der Waals surface area contributed by atoms with Gasteiger partial charge < -0.3 is 15.0 Å². The number of fused-ring (bicyclic) bond motifs is 1. The lowest BCUT2D eigenvalue weighted by atomic mass is 10.3. The number of benzene rings is 1. The summed E-state index contributed by atoms with van der Waals surface area (Å²) in [5, 5.41) is 0. The van der Waals surface area contributed by atoms with Crippen LogP contribution < -0.4 is 5.73 Å². The van der Waals surface area contributed by atoms with Crippen molar-refractivity contribution in [2.24, 2.45) is 12.8 Å². The predicted octanol–water partition coefficient (Wildman–Crippen LogP) is 1.19. The fourth-order valence-corrected chi connectivity index (χ4v) is 1.59. The van der Waals surface area contributed by atoms with E-state index in [1.165, 1.54) is 12.1 Å². The van der Waals surface area contributed by atoms with E-state index in [4.69, 9.17) is 10.5 Å². The third-order valence-electron chi connectivity index (χ3n) is 2.43.